The lowest BCUT2D eigenvalue weighted by Crippen LogP contribution is -2.22. The van der Waals surface area contributed by atoms with E-state index in [1.54, 1.807) is 19.2 Å². The van der Waals surface area contributed by atoms with Gasteiger partial charge in [-0.2, -0.15) is 0 Å². The van der Waals surface area contributed by atoms with Crippen molar-refractivity contribution in [1.82, 2.24) is 0 Å². The molecule has 0 atom stereocenters. The molecule has 0 unspecified atom stereocenters. The molecule has 1 aliphatic carbocycles. The lowest BCUT2D eigenvalue weighted by Gasteiger charge is -2.13. The molecule has 0 radical (unpaired) electrons. The molecule has 3 N–H and O–H groups in total. The molecule has 6 heteroatoms. The first-order valence-electron chi connectivity index (χ1n) is 8.65. The molecular formula is C20H23N3O3. The van der Waals surface area contributed by atoms with Gasteiger partial charge in [-0.1, -0.05) is 18.2 Å². The van der Waals surface area contributed by atoms with Crippen LogP contribution in [-0.2, 0) is 9.59 Å². The van der Waals surface area contributed by atoms with Crippen LogP contribution in [0.5, 0.6) is 5.75 Å². The fourth-order valence-electron chi connectivity index (χ4n) is 2.60. The number of rotatable bonds is 7. The van der Waals surface area contributed by atoms with E-state index in [1.807, 2.05) is 37.3 Å². The summed E-state index contributed by atoms with van der Waals surface area (Å²) in [5.41, 5.74) is 3.18. The van der Waals surface area contributed by atoms with Crippen molar-refractivity contribution in [3.05, 3.63) is 48.0 Å². The Hall–Kier alpha value is -3.02. The van der Waals surface area contributed by atoms with Crippen molar-refractivity contribution in [2.45, 2.75) is 19.8 Å². The lowest BCUT2D eigenvalue weighted by molar-refractivity contribution is -0.117. The van der Waals surface area contributed by atoms with E-state index in [2.05, 4.69) is 16.0 Å². The summed E-state index contributed by atoms with van der Waals surface area (Å²) in [4.78, 5) is 24.1. The monoisotopic (exact) mass is 353 g/mol. The standard InChI is InChI=1S/C20H23N3O3/c1-13-7-10-15(22-20(25)14-8-9-14)11-17(13)21-12-19(24)23-16-5-3-4-6-18(16)26-2/h3-7,10-11,14,21H,8-9,12H2,1-2H3,(H,22,25)(H,23,24). The molecule has 0 heterocycles. The average molecular weight is 353 g/mol. The normalized spacial score (nSPS) is 13.0. The molecule has 136 valence electrons. The number of carbonyl (C=O) groups excluding carboxylic acids is 2. The van der Waals surface area contributed by atoms with Gasteiger partial charge in [0.1, 0.15) is 5.75 Å². The summed E-state index contributed by atoms with van der Waals surface area (Å²) >= 11 is 0. The summed E-state index contributed by atoms with van der Waals surface area (Å²) in [5, 5.41) is 8.87. The maximum absolute atomic E-state index is 12.2. The number of amides is 2. The van der Waals surface area contributed by atoms with Gasteiger partial charge in [-0.3, -0.25) is 9.59 Å². The Morgan fingerprint density at radius 1 is 1.08 bits per heavy atom. The first-order valence-corrected chi connectivity index (χ1v) is 8.65. The molecule has 2 aromatic rings. The zero-order valence-corrected chi connectivity index (χ0v) is 15.0. The second-order valence-electron chi connectivity index (χ2n) is 6.40. The van der Waals surface area contributed by atoms with E-state index >= 15 is 0 Å². The van der Waals surface area contributed by atoms with Crippen LogP contribution in [-0.4, -0.2) is 25.5 Å². The number of hydrogen-bond donors (Lipinski definition) is 3. The highest BCUT2D eigenvalue weighted by Crippen LogP contribution is 2.31. The van der Waals surface area contributed by atoms with Crippen LogP contribution in [0.1, 0.15) is 18.4 Å². The quantitative estimate of drug-likeness (QED) is 0.713. The molecular weight excluding hydrogens is 330 g/mol. The van der Waals surface area contributed by atoms with E-state index < -0.39 is 0 Å². The van der Waals surface area contributed by atoms with E-state index in [0.717, 1.165) is 29.8 Å². The van der Waals surface area contributed by atoms with Crippen LogP contribution in [0.2, 0.25) is 0 Å². The molecule has 0 aliphatic heterocycles. The van der Waals surface area contributed by atoms with Crippen LogP contribution >= 0.6 is 0 Å². The average Bonchev–Trinajstić information content (AvgIpc) is 3.48. The van der Waals surface area contributed by atoms with Gasteiger partial charge in [0, 0.05) is 17.3 Å². The molecule has 2 amide bonds. The number of carbonyl (C=O) groups is 2. The number of anilines is 3. The second-order valence-corrected chi connectivity index (χ2v) is 6.40. The Balaban J connectivity index is 1.59. The SMILES string of the molecule is COc1ccccc1NC(=O)CNc1cc(NC(=O)C2CC2)ccc1C. The molecule has 6 nitrogen and oxygen atoms in total. The Morgan fingerprint density at radius 2 is 1.85 bits per heavy atom. The third-order valence-corrected chi connectivity index (χ3v) is 4.27. The van der Waals surface area contributed by atoms with Crippen LogP contribution in [0.25, 0.3) is 0 Å². The zero-order chi connectivity index (χ0) is 18.5. The topological polar surface area (TPSA) is 79.5 Å². The minimum absolute atomic E-state index is 0.0636. The van der Waals surface area contributed by atoms with Gasteiger partial charge >= 0.3 is 0 Å². The van der Waals surface area contributed by atoms with Crippen molar-refractivity contribution in [2.24, 2.45) is 5.92 Å². The second kappa shape index (κ2) is 7.91. The number of aryl methyl sites for hydroxylation is 1. The van der Waals surface area contributed by atoms with Crippen LogP contribution in [0.3, 0.4) is 0 Å². The number of methoxy groups -OCH3 is 1. The molecule has 26 heavy (non-hydrogen) atoms. The molecule has 3 rings (SSSR count). The molecule has 1 aliphatic rings. The number of hydrogen-bond acceptors (Lipinski definition) is 4. The Kier molecular flexibility index (Phi) is 5.41. The van der Waals surface area contributed by atoms with E-state index in [4.69, 9.17) is 4.74 Å². The summed E-state index contributed by atoms with van der Waals surface area (Å²) in [7, 11) is 1.56. The highest BCUT2D eigenvalue weighted by Gasteiger charge is 2.29. The van der Waals surface area contributed by atoms with Crippen molar-refractivity contribution in [2.75, 3.05) is 29.6 Å². The van der Waals surface area contributed by atoms with E-state index in [1.165, 1.54) is 0 Å². The fraction of sp³-hybridized carbons (Fsp3) is 0.300. The highest BCUT2D eigenvalue weighted by molar-refractivity contribution is 5.96. The predicted octanol–water partition coefficient (Wildman–Crippen LogP) is 3.40. The van der Waals surface area contributed by atoms with Crippen LogP contribution in [0, 0.1) is 12.8 Å². The largest absolute Gasteiger partial charge is 0.495 e. The predicted molar refractivity (Wildman–Crippen MR) is 103 cm³/mol. The fourth-order valence-corrected chi connectivity index (χ4v) is 2.60. The summed E-state index contributed by atoms with van der Waals surface area (Å²) in [6, 6.07) is 12.9. The molecule has 0 spiro atoms. The number of ether oxygens (including phenoxy) is 1. The number of para-hydroxylation sites is 2. The molecule has 0 bridgehead atoms. The van der Waals surface area contributed by atoms with Gasteiger partial charge in [-0.25, -0.2) is 0 Å². The van der Waals surface area contributed by atoms with Gasteiger partial charge in [0.25, 0.3) is 0 Å². The third-order valence-electron chi connectivity index (χ3n) is 4.27. The summed E-state index contributed by atoms with van der Waals surface area (Å²) in [5.74, 6) is 0.649. The first kappa shape index (κ1) is 17.8. The van der Waals surface area contributed by atoms with E-state index in [9.17, 15) is 9.59 Å². The maximum Gasteiger partial charge on any atom is 0.243 e. The third kappa shape index (κ3) is 4.53. The van der Waals surface area contributed by atoms with Gasteiger partial charge in [-0.15, -0.1) is 0 Å². The summed E-state index contributed by atoms with van der Waals surface area (Å²) in [6.07, 6.45) is 1.93. The van der Waals surface area contributed by atoms with Gasteiger partial charge in [0.2, 0.25) is 11.8 Å². The van der Waals surface area contributed by atoms with Gasteiger partial charge in [0.05, 0.1) is 19.3 Å². The first-order chi connectivity index (χ1) is 12.6. The van der Waals surface area contributed by atoms with Crippen molar-refractivity contribution in [1.29, 1.82) is 0 Å². The summed E-state index contributed by atoms with van der Waals surface area (Å²) in [6.45, 7) is 2.06. The van der Waals surface area contributed by atoms with Crippen molar-refractivity contribution < 1.29 is 14.3 Å². The molecule has 1 saturated carbocycles. The van der Waals surface area contributed by atoms with Gasteiger partial charge in [-0.05, 0) is 49.6 Å². The van der Waals surface area contributed by atoms with Crippen molar-refractivity contribution in [3.8, 4) is 5.75 Å². The lowest BCUT2D eigenvalue weighted by atomic mass is 10.1. The van der Waals surface area contributed by atoms with Crippen LogP contribution in [0.15, 0.2) is 42.5 Å². The van der Waals surface area contributed by atoms with E-state index in [0.29, 0.717) is 11.4 Å². The van der Waals surface area contributed by atoms with Crippen LogP contribution < -0.4 is 20.7 Å². The highest BCUT2D eigenvalue weighted by atomic mass is 16.5. The van der Waals surface area contributed by atoms with Crippen LogP contribution in [0.4, 0.5) is 17.1 Å². The Bertz CT molecular complexity index is 816. The Morgan fingerprint density at radius 3 is 2.58 bits per heavy atom. The molecule has 0 aromatic heterocycles. The van der Waals surface area contributed by atoms with Gasteiger partial charge in [0.15, 0.2) is 0 Å². The minimum atomic E-state index is -0.179. The zero-order valence-electron chi connectivity index (χ0n) is 15.0. The van der Waals surface area contributed by atoms with E-state index in [-0.39, 0.29) is 24.3 Å². The molecule has 1 fully saturated rings. The maximum atomic E-state index is 12.2. The molecule has 2 aromatic carbocycles. The summed E-state index contributed by atoms with van der Waals surface area (Å²) < 4.78 is 5.23. The van der Waals surface area contributed by atoms with Gasteiger partial charge < -0.3 is 20.7 Å². The molecule has 0 saturated heterocycles. The number of benzene rings is 2. The van der Waals surface area contributed by atoms with Crippen molar-refractivity contribution >= 4 is 28.9 Å². The van der Waals surface area contributed by atoms with Crippen molar-refractivity contribution in [3.63, 3.8) is 0 Å². The minimum Gasteiger partial charge on any atom is -0.495 e. The number of nitrogens with one attached hydrogen (secondary N) is 3. The smallest absolute Gasteiger partial charge is 0.243 e. The Labute approximate surface area is 152 Å².